The van der Waals surface area contributed by atoms with E-state index in [-0.39, 0.29) is 0 Å². The van der Waals surface area contributed by atoms with Crippen molar-refractivity contribution >= 4 is 0 Å². The van der Waals surface area contributed by atoms with Crippen LogP contribution in [0.15, 0.2) is 12.2 Å². The molecule has 0 saturated carbocycles. The Morgan fingerprint density at radius 2 is 1.50 bits per heavy atom. The molecule has 72 valence electrons. The summed E-state index contributed by atoms with van der Waals surface area (Å²) >= 11 is 0. The van der Waals surface area contributed by atoms with Gasteiger partial charge >= 0.3 is 0 Å². The molecule has 0 heterocycles. The van der Waals surface area contributed by atoms with Crippen LogP contribution in [-0.4, -0.2) is 0 Å². The molecular formula is C12H24. The standard InChI is InChI=1S/C12H24/c1-8-12(6,7)10(2)9-11(3,4)5/h2,8-9H2,1,3-7H3. The van der Waals surface area contributed by atoms with Crippen LogP contribution in [0, 0.1) is 10.8 Å². The molecule has 0 aromatic carbocycles. The third-order valence-electron chi connectivity index (χ3n) is 2.58. The van der Waals surface area contributed by atoms with Crippen molar-refractivity contribution in [3.05, 3.63) is 12.2 Å². The Balaban J connectivity index is 4.23. The fourth-order valence-electron chi connectivity index (χ4n) is 1.13. The van der Waals surface area contributed by atoms with Gasteiger partial charge in [0.2, 0.25) is 0 Å². The van der Waals surface area contributed by atoms with Gasteiger partial charge in [0.15, 0.2) is 0 Å². The van der Waals surface area contributed by atoms with Crippen molar-refractivity contribution in [1.29, 1.82) is 0 Å². The molecular weight excluding hydrogens is 144 g/mol. The highest BCUT2D eigenvalue weighted by atomic mass is 14.3. The zero-order chi connectivity index (χ0) is 9.99. The Hall–Kier alpha value is -0.260. The van der Waals surface area contributed by atoms with Crippen LogP contribution in [0.1, 0.15) is 54.4 Å². The molecule has 0 bridgehead atoms. The minimum atomic E-state index is 0.313. The first-order valence-corrected chi connectivity index (χ1v) is 4.87. The molecule has 0 nitrogen and oxygen atoms in total. The summed E-state index contributed by atoms with van der Waals surface area (Å²) in [6, 6.07) is 0. The molecule has 0 unspecified atom stereocenters. The maximum atomic E-state index is 4.18. The first-order chi connectivity index (χ1) is 5.19. The van der Waals surface area contributed by atoms with Crippen molar-refractivity contribution in [2.24, 2.45) is 10.8 Å². The summed E-state index contributed by atoms with van der Waals surface area (Å²) < 4.78 is 0. The van der Waals surface area contributed by atoms with Crippen LogP contribution < -0.4 is 0 Å². The van der Waals surface area contributed by atoms with E-state index in [1.54, 1.807) is 0 Å². The smallest absolute Gasteiger partial charge is 0.0150 e. The highest BCUT2D eigenvalue weighted by Crippen LogP contribution is 2.36. The minimum Gasteiger partial charge on any atom is -0.0993 e. The molecule has 0 aromatic heterocycles. The van der Waals surface area contributed by atoms with Crippen molar-refractivity contribution in [2.45, 2.75) is 54.4 Å². The average molecular weight is 168 g/mol. The monoisotopic (exact) mass is 168 g/mol. The molecule has 0 heteroatoms. The molecule has 0 fully saturated rings. The van der Waals surface area contributed by atoms with Gasteiger partial charge in [0.1, 0.15) is 0 Å². The maximum absolute atomic E-state index is 4.18. The Morgan fingerprint density at radius 3 is 1.75 bits per heavy atom. The van der Waals surface area contributed by atoms with E-state index in [9.17, 15) is 0 Å². The van der Waals surface area contributed by atoms with E-state index in [2.05, 4.69) is 48.1 Å². The fraction of sp³-hybridized carbons (Fsp3) is 0.833. The van der Waals surface area contributed by atoms with Crippen LogP contribution in [-0.2, 0) is 0 Å². The van der Waals surface area contributed by atoms with Crippen molar-refractivity contribution in [2.75, 3.05) is 0 Å². The molecule has 0 rings (SSSR count). The van der Waals surface area contributed by atoms with Crippen LogP contribution in [0.5, 0.6) is 0 Å². The quantitative estimate of drug-likeness (QED) is 0.547. The second-order valence-corrected chi connectivity index (χ2v) is 5.58. The highest BCUT2D eigenvalue weighted by Gasteiger charge is 2.23. The predicted molar refractivity (Wildman–Crippen MR) is 57.3 cm³/mol. The Bertz CT molecular complexity index is 155. The van der Waals surface area contributed by atoms with Crippen LogP contribution in [0.25, 0.3) is 0 Å². The van der Waals surface area contributed by atoms with Crippen molar-refractivity contribution in [3.8, 4) is 0 Å². The Labute approximate surface area is 78.1 Å². The SMILES string of the molecule is C=C(CC(C)(C)C)C(C)(C)CC. The molecule has 0 aromatic rings. The van der Waals surface area contributed by atoms with Crippen molar-refractivity contribution in [1.82, 2.24) is 0 Å². The molecule has 0 amide bonds. The van der Waals surface area contributed by atoms with Gasteiger partial charge in [-0.3, -0.25) is 0 Å². The largest absolute Gasteiger partial charge is 0.0993 e. The first-order valence-electron chi connectivity index (χ1n) is 4.87. The van der Waals surface area contributed by atoms with Gasteiger partial charge in [-0.2, -0.15) is 0 Å². The van der Waals surface area contributed by atoms with E-state index < -0.39 is 0 Å². The lowest BCUT2D eigenvalue weighted by atomic mass is 9.75. The fourth-order valence-corrected chi connectivity index (χ4v) is 1.13. The summed E-state index contributed by atoms with van der Waals surface area (Å²) in [5.74, 6) is 0. The highest BCUT2D eigenvalue weighted by molar-refractivity contribution is 5.08. The van der Waals surface area contributed by atoms with Crippen molar-refractivity contribution < 1.29 is 0 Å². The summed E-state index contributed by atoms with van der Waals surface area (Å²) in [7, 11) is 0. The molecule has 0 radical (unpaired) electrons. The third-order valence-corrected chi connectivity index (χ3v) is 2.58. The summed E-state index contributed by atoms with van der Waals surface area (Å²) in [5.41, 5.74) is 2.08. The molecule has 0 aliphatic heterocycles. The number of rotatable bonds is 3. The van der Waals surface area contributed by atoms with E-state index in [1.165, 1.54) is 12.0 Å². The molecule has 0 saturated heterocycles. The lowest BCUT2D eigenvalue weighted by Gasteiger charge is -2.30. The lowest BCUT2D eigenvalue weighted by Crippen LogP contribution is -2.17. The van der Waals surface area contributed by atoms with Crippen LogP contribution >= 0.6 is 0 Å². The van der Waals surface area contributed by atoms with Crippen LogP contribution in [0.3, 0.4) is 0 Å². The van der Waals surface area contributed by atoms with Crippen LogP contribution in [0.2, 0.25) is 0 Å². The van der Waals surface area contributed by atoms with Gasteiger partial charge in [-0.15, -0.1) is 0 Å². The lowest BCUT2D eigenvalue weighted by molar-refractivity contribution is 0.338. The van der Waals surface area contributed by atoms with E-state index >= 15 is 0 Å². The normalized spacial score (nSPS) is 13.2. The summed E-state index contributed by atoms with van der Waals surface area (Å²) in [6.45, 7) is 17.8. The van der Waals surface area contributed by atoms with Gasteiger partial charge < -0.3 is 0 Å². The van der Waals surface area contributed by atoms with Gasteiger partial charge in [-0.1, -0.05) is 53.7 Å². The third kappa shape index (κ3) is 3.94. The topological polar surface area (TPSA) is 0 Å². The van der Waals surface area contributed by atoms with Gasteiger partial charge in [-0.25, -0.2) is 0 Å². The molecule has 12 heavy (non-hydrogen) atoms. The van der Waals surface area contributed by atoms with Gasteiger partial charge in [0.05, 0.1) is 0 Å². The maximum Gasteiger partial charge on any atom is -0.0150 e. The van der Waals surface area contributed by atoms with Gasteiger partial charge in [-0.05, 0) is 23.7 Å². The van der Waals surface area contributed by atoms with E-state index in [1.807, 2.05) is 0 Å². The molecule has 0 spiro atoms. The number of allylic oxidation sites excluding steroid dienone is 1. The Kier molecular flexibility index (Phi) is 3.56. The summed E-state index contributed by atoms with van der Waals surface area (Å²) in [5, 5.41) is 0. The zero-order valence-electron chi connectivity index (χ0n) is 9.62. The number of hydrogen-bond acceptors (Lipinski definition) is 0. The average Bonchev–Trinajstić information content (AvgIpc) is 1.84. The van der Waals surface area contributed by atoms with E-state index in [0.29, 0.717) is 10.8 Å². The molecule has 0 N–H and O–H groups in total. The zero-order valence-corrected chi connectivity index (χ0v) is 9.62. The van der Waals surface area contributed by atoms with Crippen LogP contribution in [0.4, 0.5) is 0 Å². The van der Waals surface area contributed by atoms with E-state index in [0.717, 1.165) is 6.42 Å². The second-order valence-electron chi connectivity index (χ2n) is 5.58. The van der Waals surface area contributed by atoms with Crippen molar-refractivity contribution in [3.63, 3.8) is 0 Å². The first kappa shape index (κ1) is 11.7. The Morgan fingerprint density at radius 1 is 1.08 bits per heavy atom. The minimum absolute atomic E-state index is 0.313. The summed E-state index contributed by atoms with van der Waals surface area (Å²) in [6.07, 6.45) is 2.32. The molecule has 0 aliphatic carbocycles. The predicted octanol–water partition coefficient (Wildman–Crippen LogP) is 4.42. The second kappa shape index (κ2) is 3.64. The van der Waals surface area contributed by atoms with Gasteiger partial charge in [0, 0.05) is 0 Å². The summed E-state index contributed by atoms with van der Waals surface area (Å²) in [4.78, 5) is 0. The molecule has 0 aliphatic rings. The van der Waals surface area contributed by atoms with E-state index in [4.69, 9.17) is 0 Å². The molecule has 0 atom stereocenters. The number of hydrogen-bond donors (Lipinski definition) is 0. The van der Waals surface area contributed by atoms with Gasteiger partial charge in [0.25, 0.3) is 0 Å².